The highest BCUT2D eigenvalue weighted by molar-refractivity contribution is 8.00. The molecule has 3 unspecified atom stereocenters. The minimum atomic E-state index is -0.252. The van der Waals surface area contributed by atoms with Gasteiger partial charge in [0.25, 0.3) is 0 Å². The summed E-state index contributed by atoms with van der Waals surface area (Å²) in [4.78, 5) is 27.2. The molecule has 0 spiro atoms. The fourth-order valence-electron chi connectivity index (χ4n) is 4.41. The fourth-order valence-corrected chi connectivity index (χ4v) is 5.30. The van der Waals surface area contributed by atoms with Gasteiger partial charge in [0.15, 0.2) is 0 Å². The van der Waals surface area contributed by atoms with E-state index in [0.29, 0.717) is 25.4 Å². The van der Waals surface area contributed by atoms with Crippen molar-refractivity contribution in [2.45, 2.75) is 37.3 Å². The molecule has 0 radical (unpaired) electrons. The standard InChI is InChI=1S/C25H31FN4O2S/c26-20-10-8-19(9-11-20)15-30-14-12-22-21(16-30)24(32)29-25(28-22)33-17-23(31)27-13-4-7-18-5-2-1-3-6-18/h1-3,5-6,8-11,21-22,25,28H,4,7,12-17H2,(H,27,31)(H,29,32). The van der Waals surface area contributed by atoms with Gasteiger partial charge < -0.3 is 10.6 Å². The Morgan fingerprint density at radius 1 is 1.12 bits per heavy atom. The van der Waals surface area contributed by atoms with Crippen LogP contribution in [0.25, 0.3) is 0 Å². The highest BCUT2D eigenvalue weighted by Gasteiger charge is 2.39. The van der Waals surface area contributed by atoms with Crippen LogP contribution in [0, 0.1) is 11.7 Å². The van der Waals surface area contributed by atoms with Crippen LogP contribution in [-0.2, 0) is 22.6 Å². The van der Waals surface area contributed by atoms with E-state index >= 15 is 0 Å². The molecule has 2 amide bonds. The Hall–Kier alpha value is -2.42. The van der Waals surface area contributed by atoms with Gasteiger partial charge >= 0.3 is 0 Å². The Bertz CT molecular complexity index is 928. The van der Waals surface area contributed by atoms with Crippen LogP contribution in [0.4, 0.5) is 4.39 Å². The highest BCUT2D eigenvalue weighted by Crippen LogP contribution is 2.25. The smallest absolute Gasteiger partial charge is 0.230 e. The number of thioether (sulfide) groups is 1. The van der Waals surface area contributed by atoms with E-state index in [2.05, 4.69) is 33.0 Å². The van der Waals surface area contributed by atoms with Gasteiger partial charge in [-0.05, 0) is 42.5 Å². The summed E-state index contributed by atoms with van der Waals surface area (Å²) >= 11 is 1.42. The van der Waals surface area contributed by atoms with E-state index in [-0.39, 0.29) is 35.1 Å². The minimum Gasteiger partial charge on any atom is -0.355 e. The van der Waals surface area contributed by atoms with Crippen molar-refractivity contribution in [2.24, 2.45) is 5.92 Å². The lowest BCUT2D eigenvalue weighted by Gasteiger charge is -2.43. The van der Waals surface area contributed by atoms with Crippen LogP contribution in [0.3, 0.4) is 0 Å². The molecule has 3 atom stereocenters. The SMILES string of the molecule is O=C(CSC1NC(=O)C2CN(Cc3ccc(F)cc3)CCC2N1)NCCCc1ccccc1. The van der Waals surface area contributed by atoms with E-state index in [1.165, 1.54) is 29.5 Å². The number of rotatable bonds is 9. The molecule has 8 heteroatoms. The second-order valence-electron chi connectivity index (χ2n) is 8.67. The third-order valence-corrected chi connectivity index (χ3v) is 7.20. The number of halogens is 1. The maximum absolute atomic E-state index is 13.1. The number of fused-ring (bicyclic) bond motifs is 1. The van der Waals surface area contributed by atoms with E-state index in [1.807, 2.05) is 18.2 Å². The summed E-state index contributed by atoms with van der Waals surface area (Å²) in [5, 5.41) is 9.47. The van der Waals surface area contributed by atoms with Crippen LogP contribution in [0.2, 0.25) is 0 Å². The molecule has 2 fully saturated rings. The molecule has 2 aromatic carbocycles. The van der Waals surface area contributed by atoms with Gasteiger partial charge in [-0.25, -0.2) is 4.39 Å². The van der Waals surface area contributed by atoms with Gasteiger partial charge in [0.05, 0.1) is 11.7 Å². The summed E-state index contributed by atoms with van der Waals surface area (Å²) < 4.78 is 13.1. The molecule has 0 aromatic heterocycles. The van der Waals surface area contributed by atoms with Gasteiger partial charge in [-0.1, -0.05) is 42.5 Å². The third kappa shape index (κ3) is 7.03. The summed E-state index contributed by atoms with van der Waals surface area (Å²) in [5.41, 5.74) is 2.06. The van der Waals surface area contributed by atoms with Crippen LogP contribution in [0.1, 0.15) is 24.0 Å². The van der Waals surface area contributed by atoms with E-state index < -0.39 is 0 Å². The highest BCUT2D eigenvalue weighted by atomic mass is 32.2. The zero-order valence-corrected chi connectivity index (χ0v) is 19.5. The maximum atomic E-state index is 13.1. The zero-order chi connectivity index (χ0) is 23.0. The second-order valence-corrected chi connectivity index (χ2v) is 9.76. The number of carbonyl (C=O) groups excluding carboxylic acids is 2. The molecule has 0 bridgehead atoms. The topological polar surface area (TPSA) is 73.5 Å². The van der Waals surface area contributed by atoms with Crippen molar-refractivity contribution < 1.29 is 14.0 Å². The van der Waals surface area contributed by atoms with E-state index in [9.17, 15) is 14.0 Å². The first-order chi connectivity index (χ1) is 16.1. The number of hydrogen-bond acceptors (Lipinski definition) is 5. The van der Waals surface area contributed by atoms with Gasteiger partial charge in [0.1, 0.15) is 11.3 Å². The molecule has 33 heavy (non-hydrogen) atoms. The molecule has 0 aliphatic carbocycles. The van der Waals surface area contributed by atoms with Crippen molar-refractivity contribution in [3.8, 4) is 0 Å². The van der Waals surface area contributed by atoms with Crippen molar-refractivity contribution in [3.05, 3.63) is 71.5 Å². The van der Waals surface area contributed by atoms with Gasteiger partial charge in [0, 0.05) is 32.2 Å². The van der Waals surface area contributed by atoms with Crippen molar-refractivity contribution in [1.82, 2.24) is 20.9 Å². The lowest BCUT2D eigenvalue weighted by molar-refractivity contribution is -0.130. The fraction of sp³-hybridized carbons (Fsp3) is 0.440. The van der Waals surface area contributed by atoms with Crippen LogP contribution < -0.4 is 16.0 Å². The Morgan fingerprint density at radius 3 is 2.70 bits per heavy atom. The monoisotopic (exact) mass is 470 g/mol. The Morgan fingerprint density at radius 2 is 1.91 bits per heavy atom. The summed E-state index contributed by atoms with van der Waals surface area (Å²) in [6.07, 6.45) is 2.70. The van der Waals surface area contributed by atoms with E-state index in [4.69, 9.17) is 0 Å². The van der Waals surface area contributed by atoms with Crippen molar-refractivity contribution >= 4 is 23.6 Å². The first-order valence-corrected chi connectivity index (χ1v) is 12.6. The Balaban J connectivity index is 1.15. The number of nitrogens with zero attached hydrogens (tertiary/aromatic N) is 1. The average Bonchev–Trinajstić information content (AvgIpc) is 2.83. The first kappa shape index (κ1) is 23.7. The van der Waals surface area contributed by atoms with Crippen LogP contribution in [0.15, 0.2) is 54.6 Å². The molecule has 0 saturated carbocycles. The first-order valence-electron chi connectivity index (χ1n) is 11.5. The molecular formula is C25H31FN4O2S. The number of likely N-dealkylation sites (tertiary alicyclic amines) is 1. The van der Waals surface area contributed by atoms with Gasteiger partial charge in [-0.3, -0.25) is 19.8 Å². The Kier molecular flexibility index (Phi) is 8.36. The van der Waals surface area contributed by atoms with Gasteiger partial charge in [0.2, 0.25) is 11.8 Å². The lowest BCUT2D eigenvalue weighted by atomic mass is 9.89. The number of amides is 2. The molecule has 2 aromatic rings. The van der Waals surface area contributed by atoms with Crippen LogP contribution >= 0.6 is 11.8 Å². The lowest BCUT2D eigenvalue weighted by Crippen LogP contribution is -2.64. The van der Waals surface area contributed by atoms with Gasteiger partial charge in [-0.2, -0.15) is 0 Å². The van der Waals surface area contributed by atoms with Crippen molar-refractivity contribution in [2.75, 3.05) is 25.4 Å². The quantitative estimate of drug-likeness (QED) is 0.491. The summed E-state index contributed by atoms with van der Waals surface area (Å²) in [6, 6.07) is 16.9. The number of piperidine rings is 1. The summed E-state index contributed by atoms with van der Waals surface area (Å²) in [5.74, 6) is -0.0403. The molecule has 2 heterocycles. The van der Waals surface area contributed by atoms with E-state index in [0.717, 1.165) is 31.4 Å². The number of aryl methyl sites for hydroxylation is 1. The number of carbonyl (C=O) groups is 2. The summed E-state index contributed by atoms with van der Waals surface area (Å²) in [6.45, 7) is 2.89. The molecular weight excluding hydrogens is 439 g/mol. The van der Waals surface area contributed by atoms with Crippen LogP contribution in [0.5, 0.6) is 0 Å². The largest absolute Gasteiger partial charge is 0.355 e. The predicted molar refractivity (Wildman–Crippen MR) is 129 cm³/mol. The number of nitrogens with one attached hydrogen (secondary N) is 3. The predicted octanol–water partition coefficient (Wildman–Crippen LogP) is 2.50. The zero-order valence-electron chi connectivity index (χ0n) is 18.6. The van der Waals surface area contributed by atoms with Crippen molar-refractivity contribution in [1.29, 1.82) is 0 Å². The molecule has 2 saturated heterocycles. The van der Waals surface area contributed by atoms with Crippen molar-refractivity contribution in [3.63, 3.8) is 0 Å². The number of hydrogen-bond donors (Lipinski definition) is 3. The van der Waals surface area contributed by atoms with Crippen LogP contribution in [-0.4, -0.2) is 53.6 Å². The molecule has 2 aliphatic rings. The van der Waals surface area contributed by atoms with E-state index in [1.54, 1.807) is 12.1 Å². The molecule has 3 N–H and O–H groups in total. The Labute approximate surface area is 198 Å². The van der Waals surface area contributed by atoms with Gasteiger partial charge in [-0.15, -0.1) is 11.8 Å². The molecule has 2 aliphatic heterocycles. The third-order valence-electron chi connectivity index (χ3n) is 6.18. The number of benzene rings is 2. The molecule has 6 nitrogen and oxygen atoms in total. The average molecular weight is 471 g/mol. The minimum absolute atomic E-state index is 0.0136. The molecule has 176 valence electrons. The summed E-state index contributed by atoms with van der Waals surface area (Å²) in [7, 11) is 0. The molecule has 4 rings (SSSR count). The normalized spacial score (nSPS) is 22.9. The maximum Gasteiger partial charge on any atom is 0.230 e. The second kappa shape index (κ2) is 11.6.